The van der Waals surface area contributed by atoms with Crippen molar-refractivity contribution in [1.82, 2.24) is 19.8 Å². The molecule has 0 saturated carbocycles. The second kappa shape index (κ2) is 6.12. The van der Waals surface area contributed by atoms with E-state index in [1.807, 2.05) is 20.8 Å². The van der Waals surface area contributed by atoms with E-state index in [0.717, 1.165) is 0 Å². The normalized spacial score (nSPS) is 25.9. The van der Waals surface area contributed by atoms with Crippen LogP contribution in [0.4, 0.5) is 4.79 Å². The summed E-state index contributed by atoms with van der Waals surface area (Å²) in [6.07, 6.45) is 2.48. The minimum Gasteiger partial charge on any atom is -0.444 e. The van der Waals surface area contributed by atoms with Gasteiger partial charge in [-0.25, -0.2) is 14.8 Å². The van der Waals surface area contributed by atoms with Crippen molar-refractivity contribution in [3.8, 4) is 0 Å². The van der Waals surface area contributed by atoms with Crippen molar-refractivity contribution >= 4 is 23.6 Å². The Morgan fingerprint density at radius 1 is 1.20 bits per heavy atom. The molecule has 7 nitrogen and oxygen atoms in total. The Bertz CT molecular complexity index is 688. The number of aromatic nitrogens is 2. The van der Waals surface area contributed by atoms with Gasteiger partial charge in [0.1, 0.15) is 16.4 Å². The number of halogens is 1. The van der Waals surface area contributed by atoms with Crippen LogP contribution in [0.15, 0.2) is 12.4 Å². The minimum atomic E-state index is -0.509. The standard InChI is InChI=1S/C17H23ClN4O3/c1-16(2,3)25-15(24)22-8-11-7-21(9-17(11,4)10-22)14(23)12-5-20-13(18)6-19-12/h5-6,11H,7-10H2,1-4H3/t11-,17+/m0/s1. The van der Waals surface area contributed by atoms with Gasteiger partial charge < -0.3 is 14.5 Å². The molecule has 0 aliphatic carbocycles. The van der Waals surface area contributed by atoms with E-state index in [9.17, 15) is 9.59 Å². The molecule has 0 N–H and O–H groups in total. The average Bonchev–Trinajstić information content (AvgIpc) is 2.97. The molecule has 2 saturated heterocycles. The molecule has 2 fully saturated rings. The predicted molar refractivity (Wildman–Crippen MR) is 92.3 cm³/mol. The number of hydrogen-bond acceptors (Lipinski definition) is 5. The first-order chi connectivity index (χ1) is 11.6. The molecule has 2 aliphatic rings. The number of carbonyl (C=O) groups is 2. The van der Waals surface area contributed by atoms with Gasteiger partial charge in [0.05, 0.1) is 12.4 Å². The lowest BCUT2D eigenvalue weighted by Gasteiger charge is -2.27. The zero-order valence-corrected chi connectivity index (χ0v) is 15.7. The van der Waals surface area contributed by atoms with E-state index in [-0.39, 0.29) is 34.2 Å². The Labute approximate surface area is 152 Å². The maximum absolute atomic E-state index is 12.6. The summed E-state index contributed by atoms with van der Waals surface area (Å²) in [6.45, 7) is 10.1. The van der Waals surface area contributed by atoms with Crippen molar-refractivity contribution in [2.45, 2.75) is 33.3 Å². The van der Waals surface area contributed by atoms with Gasteiger partial charge in [-0.05, 0) is 20.8 Å². The summed E-state index contributed by atoms with van der Waals surface area (Å²) in [7, 11) is 0. The number of carbonyl (C=O) groups excluding carboxylic acids is 2. The molecule has 2 aliphatic heterocycles. The van der Waals surface area contributed by atoms with Crippen LogP contribution in [-0.2, 0) is 4.74 Å². The monoisotopic (exact) mass is 366 g/mol. The smallest absolute Gasteiger partial charge is 0.410 e. The second-order valence-corrected chi connectivity index (χ2v) is 8.51. The maximum Gasteiger partial charge on any atom is 0.410 e. The molecule has 2 amide bonds. The van der Waals surface area contributed by atoms with Gasteiger partial charge in [0, 0.05) is 37.5 Å². The number of ether oxygens (including phenoxy) is 1. The molecule has 0 unspecified atom stereocenters. The molecule has 8 heteroatoms. The summed E-state index contributed by atoms with van der Waals surface area (Å²) in [4.78, 5) is 36.4. The zero-order chi connectivity index (χ0) is 18.4. The third-order valence-electron chi connectivity index (χ3n) is 4.75. The Hall–Kier alpha value is -1.89. The van der Waals surface area contributed by atoms with Crippen LogP contribution in [-0.4, -0.2) is 63.5 Å². The van der Waals surface area contributed by atoms with Crippen molar-refractivity contribution in [2.75, 3.05) is 26.2 Å². The van der Waals surface area contributed by atoms with E-state index >= 15 is 0 Å². The van der Waals surface area contributed by atoms with Crippen LogP contribution in [0.2, 0.25) is 5.15 Å². The molecule has 25 heavy (non-hydrogen) atoms. The SMILES string of the molecule is CC(C)(C)OC(=O)N1C[C@@H]2CN(C(=O)c3cnc(Cl)cn3)C[C@]2(C)C1. The molecule has 2 atom stereocenters. The number of rotatable bonds is 1. The molecular weight excluding hydrogens is 344 g/mol. The van der Waals surface area contributed by atoms with Gasteiger partial charge in [-0.15, -0.1) is 0 Å². The largest absolute Gasteiger partial charge is 0.444 e. The van der Waals surface area contributed by atoms with Crippen molar-refractivity contribution in [2.24, 2.45) is 11.3 Å². The van der Waals surface area contributed by atoms with Gasteiger partial charge in [0.2, 0.25) is 0 Å². The highest BCUT2D eigenvalue weighted by molar-refractivity contribution is 6.29. The lowest BCUT2D eigenvalue weighted by molar-refractivity contribution is 0.0263. The molecule has 0 radical (unpaired) electrons. The summed E-state index contributed by atoms with van der Waals surface area (Å²) in [6, 6.07) is 0. The van der Waals surface area contributed by atoms with Gasteiger partial charge in [-0.1, -0.05) is 18.5 Å². The topological polar surface area (TPSA) is 75.6 Å². The molecule has 136 valence electrons. The average molecular weight is 367 g/mol. The van der Waals surface area contributed by atoms with Crippen LogP contribution < -0.4 is 0 Å². The Kier molecular flexibility index (Phi) is 4.39. The fourth-order valence-electron chi connectivity index (χ4n) is 3.54. The summed E-state index contributed by atoms with van der Waals surface area (Å²) in [5.74, 6) is 0.0767. The van der Waals surface area contributed by atoms with Gasteiger partial charge in [-0.3, -0.25) is 4.79 Å². The van der Waals surface area contributed by atoms with Crippen LogP contribution in [0.25, 0.3) is 0 Å². The Morgan fingerprint density at radius 3 is 2.40 bits per heavy atom. The van der Waals surface area contributed by atoms with E-state index in [2.05, 4.69) is 16.9 Å². The third kappa shape index (κ3) is 3.71. The van der Waals surface area contributed by atoms with Crippen LogP contribution in [0.3, 0.4) is 0 Å². The molecule has 3 heterocycles. The van der Waals surface area contributed by atoms with Crippen LogP contribution in [0.1, 0.15) is 38.2 Å². The zero-order valence-electron chi connectivity index (χ0n) is 15.0. The lowest BCUT2D eigenvalue weighted by Crippen LogP contribution is -2.40. The predicted octanol–water partition coefficient (Wildman–Crippen LogP) is 2.46. The molecule has 3 rings (SSSR count). The first kappa shape index (κ1) is 17.9. The van der Waals surface area contributed by atoms with Crippen molar-refractivity contribution in [1.29, 1.82) is 0 Å². The number of nitrogens with zero attached hydrogens (tertiary/aromatic N) is 4. The highest BCUT2D eigenvalue weighted by Crippen LogP contribution is 2.42. The van der Waals surface area contributed by atoms with Gasteiger partial charge in [0.15, 0.2) is 0 Å². The summed E-state index contributed by atoms with van der Waals surface area (Å²) in [5.41, 5.74) is -0.353. The van der Waals surface area contributed by atoms with Crippen molar-refractivity contribution < 1.29 is 14.3 Å². The number of amides is 2. The van der Waals surface area contributed by atoms with E-state index < -0.39 is 5.60 Å². The summed E-state index contributed by atoms with van der Waals surface area (Å²) in [5, 5.41) is 0.259. The fraction of sp³-hybridized carbons (Fsp3) is 0.647. The molecule has 1 aromatic heterocycles. The minimum absolute atomic E-state index is 0.133. The first-order valence-corrected chi connectivity index (χ1v) is 8.70. The Balaban J connectivity index is 1.65. The van der Waals surface area contributed by atoms with Gasteiger partial charge in [0.25, 0.3) is 5.91 Å². The van der Waals surface area contributed by atoms with Crippen molar-refractivity contribution in [3.05, 3.63) is 23.2 Å². The third-order valence-corrected chi connectivity index (χ3v) is 4.94. The molecule has 0 aromatic carbocycles. The quantitative estimate of drug-likeness (QED) is 0.763. The van der Waals surface area contributed by atoms with E-state index in [4.69, 9.17) is 16.3 Å². The van der Waals surface area contributed by atoms with Crippen LogP contribution in [0, 0.1) is 11.3 Å². The molecule has 0 spiro atoms. The van der Waals surface area contributed by atoms with E-state index in [0.29, 0.717) is 26.2 Å². The van der Waals surface area contributed by atoms with Gasteiger partial charge >= 0.3 is 6.09 Å². The highest BCUT2D eigenvalue weighted by Gasteiger charge is 2.52. The van der Waals surface area contributed by atoms with Gasteiger partial charge in [-0.2, -0.15) is 0 Å². The van der Waals surface area contributed by atoms with Crippen LogP contribution >= 0.6 is 11.6 Å². The van der Waals surface area contributed by atoms with E-state index in [1.54, 1.807) is 9.80 Å². The van der Waals surface area contributed by atoms with E-state index in [1.165, 1.54) is 12.4 Å². The summed E-state index contributed by atoms with van der Waals surface area (Å²) >= 11 is 5.72. The molecule has 1 aromatic rings. The second-order valence-electron chi connectivity index (χ2n) is 8.12. The molecular formula is C17H23ClN4O3. The number of likely N-dealkylation sites (tertiary alicyclic amines) is 2. The lowest BCUT2D eigenvalue weighted by atomic mass is 9.83. The van der Waals surface area contributed by atoms with Crippen molar-refractivity contribution in [3.63, 3.8) is 0 Å². The Morgan fingerprint density at radius 2 is 1.84 bits per heavy atom. The summed E-state index contributed by atoms with van der Waals surface area (Å²) < 4.78 is 5.46. The number of hydrogen-bond donors (Lipinski definition) is 0. The first-order valence-electron chi connectivity index (χ1n) is 8.32. The fourth-order valence-corrected chi connectivity index (χ4v) is 3.64. The molecule has 0 bridgehead atoms. The van der Waals surface area contributed by atoms with Crippen LogP contribution in [0.5, 0.6) is 0 Å². The maximum atomic E-state index is 12.6. The number of fused-ring (bicyclic) bond motifs is 1. The highest BCUT2D eigenvalue weighted by atomic mass is 35.5.